The fourth-order valence-corrected chi connectivity index (χ4v) is 9.82. The van der Waals surface area contributed by atoms with Crippen molar-refractivity contribution in [2.24, 2.45) is 0 Å². The first kappa shape index (κ1) is 56.2. The minimum atomic E-state index is -0.926. The summed E-state index contributed by atoms with van der Waals surface area (Å²) in [5, 5.41) is 31.5. The fourth-order valence-electron chi connectivity index (χ4n) is 9.82. The molecule has 4 aromatic rings. The van der Waals surface area contributed by atoms with Crippen LogP contribution in [0.15, 0.2) is 97.1 Å². The molecule has 2 fully saturated rings. The molecule has 74 heavy (non-hydrogen) atoms. The van der Waals surface area contributed by atoms with E-state index >= 15 is 0 Å². The Hall–Kier alpha value is -7.06. The van der Waals surface area contributed by atoms with E-state index in [0.29, 0.717) is 37.2 Å². The molecule has 0 aromatic heterocycles. The largest absolute Gasteiger partial charge is 0.489 e. The normalized spacial score (nSPS) is 18.9. The quantitative estimate of drug-likeness (QED) is 0.0271. The molecule has 400 valence electrons. The number of amides is 2. The molecule has 2 amide bonds. The van der Waals surface area contributed by atoms with E-state index in [9.17, 15) is 39.4 Å². The lowest BCUT2D eigenvalue weighted by Gasteiger charge is -2.42. The average Bonchev–Trinajstić information content (AvgIpc) is 3.36. The molecule has 20 heteroatoms. The van der Waals surface area contributed by atoms with Crippen molar-refractivity contribution in [2.75, 3.05) is 39.4 Å². The summed E-state index contributed by atoms with van der Waals surface area (Å²) in [6.07, 6.45) is 3.58. The maximum absolute atomic E-state index is 13.6. The molecular formula is C54H70N6O14. The van der Waals surface area contributed by atoms with Crippen molar-refractivity contribution in [3.8, 4) is 11.5 Å². The minimum Gasteiger partial charge on any atom is -0.489 e. The van der Waals surface area contributed by atoms with Gasteiger partial charge in [0.15, 0.2) is 0 Å². The lowest BCUT2D eigenvalue weighted by molar-refractivity contribution is -0.770. The smallest absolute Gasteiger partial charge is 0.331 e. The van der Waals surface area contributed by atoms with Crippen LogP contribution in [-0.2, 0) is 38.3 Å². The molecule has 0 saturated heterocycles. The summed E-state index contributed by atoms with van der Waals surface area (Å²) in [6, 6.07) is 25.6. The number of nitrogens with one attached hydrogen (secondary N) is 2. The van der Waals surface area contributed by atoms with Crippen LogP contribution < -0.4 is 20.1 Å². The molecule has 6 atom stereocenters. The molecule has 0 heterocycles. The average molecular weight is 1030 g/mol. The van der Waals surface area contributed by atoms with Crippen molar-refractivity contribution in [1.29, 1.82) is 0 Å². The van der Waals surface area contributed by atoms with Crippen LogP contribution >= 0.6 is 0 Å². The Morgan fingerprint density at radius 1 is 0.595 bits per heavy atom. The summed E-state index contributed by atoms with van der Waals surface area (Å²) < 4.78 is 24.4. The topological polar surface area (TPSA) is 240 Å². The number of carbonyl (C=O) groups is 4. The predicted octanol–water partition coefficient (Wildman–Crippen LogP) is 7.30. The number of hydrogen-bond acceptors (Lipinski definition) is 16. The minimum absolute atomic E-state index is 0.0489. The van der Waals surface area contributed by atoms with E-state index in [-0.39, 0.29) is 51.2 Å². The summed E-state index contributed by atoms with van der Waals surface area (Å²) in [6.45, 7) is 10.5. The molecule has 20 nitrogen and oxygen atoms in total. The van der Waals surface area contributed by atoms with Crippen molar-refractivity contribution in [3.05, 3.63) is 117 Å². The lowest BCUT2D eigenvalue weighted by Crippen LogP contribution is -2.58. The van der Waals surface area contributed by atoms with E-state index in [1.54, 1.807) is 9.80 Å². The Labute approximate surface area is 431 Å². The first-order valence-electron chi connectivity index (χ1n) is 25.2. The summed E-state index contributed by atoms with van der Waals surface area (Å²) in [5.41, 5.74) is -1.60. The number of fused-ring (bicyclic) bond motifs is 2. The van der Waals surface area contributed by atoms with Crippen LogP contribution in [0.3, 0.4) is 0 Å². The summed E-state index contributed by atoms with van der Waals surface area (Å²) >= 11 is 0. The maximum atomic E-state index is 13.6. The van der Waals surface area contributed by atoms with Gasteiger partial charge in [-0.2, -0.15) is 0 Å². The highest BCUT2D eigenvalue weighted by Crippen LogP contribution is 2.30. The second-order valence-corrected chi connectivity index (χ2v) is 20.3. The number of nitrogens with zero attached hydrogens (tertiary/aromatic N) is 4. The van der Waals surface area contributed by atoms with Gasteiger partial charge in [0, 0.05) is 74.0 Å². The van der Waals surface area contributed by atoms with E-state index in [1.807, 2.05) is 113 Å². The van der Waals surface area contributed by atoms with Gasteiger partial charge >= 0.3 is 11.9 Å². The summed E-state index contributed by atoms with van der Waals surface area (Å²) in [5.74, 6) is -1.14. The zero-order chi connectivity index (χ0) is 53.4. The van der Waals surface area contributed by atoms with Crippen LogP contribution in [0.25, 0.3) is 21.5 Å². The standard InChI is InChI=1S/C54H70N6O14/c1-37(61)57(45-23-11-13-25-49(45)73-59(65)66)35-53(3,4)55-31-41(33-69-47-27-15-19-39-17-7-9-21-43(39)47)71-51(63)29-30-52(64)72-42(34-70-48-28-16-20-40-18-8-10-22-44(40)48)32-56-54(5,6)36-58(38(2)62)46-24-12-14-26-50(46)74-60(67)68/h7-10,15-22,27-30,41-42,45-46,49-50,55-56H,11-14,23-26,31-36H2,1-6H3/b30-29+. The van der Waals surface area contributed by atoms with Crippen molar-refractivity contribution in [1.82, 2.24) is 20.4 Å². The second-order valence-electron chi connectivity index (χ2n) is 20.3. The molecule has 2 aliphatic carbocycles. The van der Waals surface area contributed by atoms with Crippen LogP contribution in [0.4, 0.5) is 0 Å². The molecule has 2 aliphatic rings. The van der Waals surface area contributed by atoms with Crippen LogP contribution in [0.2, 0.25) is 0 Å². The first-order chi connectivity index (χ1) is 35.3. The van der Waals surface area contributed by atoms with Gasteiger partial charge in [-0.15, -0.1) is 20.2 Å². The van der Waals surface area contributed by atoms with Crippen molar-refractivity contribution in [2.45, 2.75) is 140 Å². The van der Waals surface area contributed by atoms with Gasteiger partial charge in [0.05, 0.1) is 12.1 Å². The highest BCUT2D eigenvalue weighted by molar-refractivity contribution is 5.92. The van der Waals surface area contributed by atoms with Crippen LogP contribution in [0.5, 0.6) is 11.5 Å². The zero-order valence-corrected chi connectivity index (χ0v) is 43.1. The zero-order valence-electron chi connectivity index (χ0n) is 43.1. The molecule has 6 rings (SSSR count). The predicted molar refractivity (Wildman–Crippen MR) is 275 cm³/mol. The van der Waals surface area contributed by atoms with Gasteiger partial charge in [-0.1, -0.05) is 98.5 Å². The molecule has 6 unspecified atom stereocenters. The first-order valence-corrected chi connectivity index (χ1v) is 25.2. The molecule has 0 bridgehead atoms. The third kappa shape index (κ3) is 16.7. The Morgan fingerprint density at radius 3 is 1.34 bits per heavy atom. The van der Waals surface area contributed by atoms with Gasteiger partial charge in [-0.05, 0) is 76.3 Å². The third-order valence-electron chi connectivity index (χ3n) is 13.4. The number of carbonyl (C=O) groups excluding carboxylic acids is 4. The Balaban J connectivity index is 1.15. The number of ether oxygens (including phenoxy) is 4. The van der Waals surface area contributed by atoms with Crippen molar-refractivity contribution in [3.63, 3.8) is 0 Å². The molecule has 0 radical (unpaired) electrons. The Kier molecular flexibility index (Phi) is 19.9. The van der Waals surface area contributed by atoms with Crippen molar-refractivity contribution < 1.29 is 58.0 Å². The Morgan fingerprint density at radius 2 is 0.959 bits per heavy atom. The summed E-state index contributed by atoms with van der Waals surface area (Å²) in [7, 11) is 0. The van der Waals surface area contributed by atoms with Gasteiger partial charge in [0.2, 0.25) is 11.8 Å². The van der Waals surface area contributed by atoms with Gasteiger partial charge < -0.3 is 49.1 Å². The van der Waals surface area contributed by atoms with E-state index < -0.39 is 69.7 Å². The number of hydrogen-bond donors (Lipinski definition) is 2. The van der Waals surface area contributed by atoms with E-state index in [4.69, 9.17) is 28.6 Å². The van der Waals surface area contributed by atoms with Gasteiger partial charge in [0.25, 0.3) is 10.2 Å². The lowest BCUT2D eigenvalue weighted by atomic mass is 9.90. The Bertz CT molecular complexity index is 2420. The van der Waals surface area contributed by atoms with E-state index in [1.165, 1.54) is 13.8 Å². The SMILES string of the molecule is CC(=O)N(CC(C)(C)NCC(COc1cccc2ccccc12)OC(=O)/C=C/C(=O)OC(CNC(C)(C)CN(C(C)=O)C1CCCCC1O[N+](=O)[O-])COc1cccc2ccccc12)C1CCCCC1O[N+](=O)[O-]. The van der Waals surface area contributed by atoms with Crippen LogP contribution in [-0.4, -0.2) is 131 Å². The monoisotopic (exact) mass is 1030 g/mol. The maximum Gasteiger partial charge on any atom is 0.331 e. The van der Waals surface area contributed by atoms with Gasteiger partial charge in [-0.25, -0.2) is 9.59 Å². The van der Waals surface area contributed by atoms with Gasteiger partial charge in [0.1, 0.15) is 49.1 Å². The fraction of sp³-hybridized carbons (Fsp3) is 0.519. The van der Waals surface area contributed by atoms with E-state index in [2.05, 4.69) is 10.6 Å². The highest BCUT2D eigenvalue weighted by atomic mass is 17.0. The van der Waals surface area contributed by atoms with Gasteiger partial charge in [-0.3, -0.25) is 9.59 Å². The number of benzene rings is 4. The molecule has 2 saturated carbocycles. The van der Waals surface area contributed by atoms with Crippen LogP contribution in [0.1, 0.15) is 92.9 Å². The number of rotatable bonds is 26. The number of esters is 2. The van der Waals surface area contributed by atoms with Crippen LogP contribution in [0, 0.1) is 20.2 Å². The summed E-state index contributed by atoms with van der Waals surface area (Å²) in [4.78, 5) is 89.4. The van der Waals surface area contributed by atoms with E-state index in [0.717, 1.165) is 59.4 Å². The molecule has 0 spiro atoms. The molecule has 2 N–H and O–H groups in total. The molecule has 4 aromatic carbocycles. The third-order valence-corrected chi connectivity index (χ3v) is 13.4. The highest BCUT2D eigenvalue weighted by Gasteiger charge is 2.39. The van der Waals surface area contributed by atoms with Crippen molar-refractivity contribution >= 4 is 45.3 Å². The molecule has 0 aliphatic heterocycles. The second kappa shape index (κ2) is 26.2. The molecular weight excluding hydrogens is 957 g/mol.